The van der Waals surface area contributed by atoms with Crippen molar-refractivity contribution in [3.63, 3.8) is 0 Å². The van der Waals surface area contributed by atoms with E-state index < -0.39 is 0 Å². The monoisotopic (exact) mass is 256 g/mol. The molecule has 0 aromatic carbocycles. The first kappa shape index (κ1) is 13.0. The van der Waals surface area contributed by atoms with Gasteiger partial charge in [-0.2, -0.15) is 0 Å². The molecule has 0 aliphatic heterocycles. The maximum atomic E-state index is 11.8. The molecule has 0 radical (unpaired) electrons. The number of hydrogen-bond donors (Lipinski definition) is 2. The predicted molar refractivity (Wildman–Crippen MR) is 74.1 cm³/mol. The Morgan fingerprint density at radius 1 is 1.21 bits per heavy atom. The lowest BCUT2D eigenvalue weighted by molar-refractivity contribution is 0.0949. The highest BCUT2D eigenvalue weighted by Crippen LogP contribution is 2.04. The van der Waals surface area contributed by atoms with Crippen molar-refractivity contribution in [1.82, 2.24) is 15.3 Å². The molecular weight excluding hydrogens is 240 g/mol. The average molecular weight is 256 g/mol. The molecule has 2 heterocycles. The molecule has 2 rings (SSSR count). The van der Waals surface area contributed by atoms with Crippen molar-refractivity contribution < 1.29 is 4.79 Å². The third-order valence-corrected chi connectivity index (χ3v) is 2.73. The van der Waals surface area contributed by atoms with E-state index in [2.05, 4.69) is 20.6 Å². The van der Waals surface area contributed by atoms with E-state index >= 15 is 0 Å². The van der Waals surface area contributed by atoms with Gasteiger partial charge in [0.05, 0.1) is 11.9 Å². The summed E-state index contributed by atoms with van der Waals surface area (Å²) >= 11 is 0. The van der Waals surface area contributed by atoms with E-state index in [1.165, 1.54) is 0 Å². The summed E-state index contributed by atoms with van der Waals surface area (Å²) in [6.07, 6.45) is 5.91. The van der Waals surface area contributed by atoms with Gasteiger partial charge < -0.3 is 10.6 Å². The van der Waals surface area contributed by atoms with Crippen LogP contribution in [0, 0.1) is 0 Å². The summed E-state index contributed by atoms with van der Waals surface area (Å²) in [5.74, 6) is -0.156. The van der Waals surface area contributed by atoms with Gasteiger partial charge in [-0.15, -0.1) is 0 Å². The van der Waals surface area contributed by atoms with Gasteiger partial charge in [-0.25, -0.2) is 4.98 Å². The number of aromatic nitrogens is 2. The van der Waals surface area contributed by atoms with Gasteiger partial charge in [0.2, 0.25) is 0 Å². The van der Waals surface area contributed by atoms with E-state index in [1.807, 2.05) is 25.2 Å². The van der Waals surface area contributed by atoms with Crippen molar-refractivity contribution in [2.75, 3.05) is 18.9 Å². The zero-order valence-electron chi connectivity index (χ0n) is 10.8. The Labute approximate surface area is 112 Å². The number of pyridine rings is 2. The minimum absolute atomic E-state index is 0.156. The minimum atomic E-state index is -0.156. The van der Waals surface area contributed by atoms with E-state index in [0.29, 0.717) is 12.2 Å². The van der Waals surface area contributed by atoms with Crippen LogP contribution in [0.15, 0.2) is 42.9 Å². The molecule has 0 unspecified atom stereocenters. The second kappa shape index (κ2) is 6.49. The van der Waals surface area contributed by atoms with Gasteiger partial charge in [-0.3, -0.25) is 9.78 Å². The number of anilines is 1. The largest absolute Gasteiger partial charge is 0.387 e. The standard InChI is InChI=1S/C14H16N4O/c1-15-12-2-3-13(18-10-12)14(19)17-9-6-11-4-7-16-8-5-11/h2-5,7-8,10,15H,6,9H2,1H3,(H,17,19). The van der Waals surface area contributed by atoms with E-state index in [4.69, 9.17) is 0 Å². The fourth-order valence-electron chi connectivity index (χ4n) is 1.64. The van der Waals surface area contributed by atoms with Crippen LogP contribution in [0.4, 0.5) is 5.69 Å². The highest BCUT2D eigenvalue weighted by atomic mass is 16.1. The van der Waals surface area contributed by atoms with Gasteiger partial charge in [-0.1, -0.05) is 0 Å². The van der Waals surface area contributed by atoms with Gasteiger partial charge in [0.1, 0.15) is 5.69 Å². The second-order valence-corrected chi connectivity index (χ2v) is 4.04. The predicted octanol–water partition coefficient (Wildman–Crippen LogP) is 1.49. The van der Waals surface area contributed by atoms with Crippen LogP contribution in [0.5, 0.6) is 0 Å². The fourth-order valence-corrected chi connectivity index (χ4v) is 1.64. The van der Waals surface area contributed by atoms with Crippen LogP contribution in [0.1, 0.15) is 16.1 Å². The highest BCUT2D eigenvalue weighted by molar-refractivity contribution is 5.92. The topological polar surface area (TPSA) is 66.9 Å². The number of carbonyl (C=O) groups is 1. The third-order valence-electron chi connectivity index (χ3n) is 2.73. The van der Waals surface area contributed by atoms with Crippen LogP contribution in [-0.2, 0) is 6.42 Å². The summed E-state index contributed by atoms with van der Waals surface area (Å²) in [6, 6.07) is 7.40. The second-order valence-electron chi connectivity index (χ2n) is 4.04. The molecule has 0 aliphatic rings. The molecule has 19 heavy (non-hydrogen) atoms. The van der Waals surface area contributed by atoms with Crippen LogP contribution >= 0.6 is 0 Å². The Morgan fingerprint density at radius 3 is 2.63 bits per heavy atom. The molecule has 1 amide bonds. The Bertz CT molecular complexity index is 525. The molecule has 5 heteroatoms. The van der Waals surface area contributed by atoms with Crippen molar-refractivity contribution in [1.29, 1.82) is 0 Å². The van der Waals surface area contributed by atoms with E-state index in [0.717, 1.165) is 17.7 Å². The lowest BCUT2D eigenvalue weighted by atomic mass is 10.2. The van der Waals surface area contributed by atoms with Crippen molar-refractivity contribution in [3.05, 3.63) is 54.1 Å². The Morgan fingerprint density at radius 2 is 2.00 bits per heavy atom. The summed E-state index contributed by atoms with van der Waals surface area (Å²) in [5, 5.41) is 5.80. The van der Waals surface area contributed by atoms with Gasteiger partial charge in [-0.05, 0) is 36.2 Å². The molecule has 5 nitrogen and oxygen atoms in total. The van der Waals surface area contributed by atoms with Crippen LogP contribution in [0.3, 0.4) is 0 Å². The van der Waals surface area contributed by atoms with E-state index in [-0.39, 0.29) is 5.91 Å². The van der Waals surface area contributed by atoms with Crippen molar-refractivity contribution >= 4 is 11.6 Å². The first-order valence-electron chi connectivity index (χ1n) is 6.10. The van der Waals surface area contributed by atoms with E-state index in [9.17, 15) is 4.79 Å². The average Bonchev–Trinajstić information content (AvgIpc) is 2.48. The summed E-state index contributed by atoms with van der Waals surface area (Å²) in [7, 11) is 1.81. The lowest BCUT2D eigenvalue weighted by Crippen LogP contribution is -2.26. The zero-order chi connectivity index (χ0) is 13.5. The molecular formula is C14H16N4O. The number of nitrogens with zero attached hydrogens (tertiary/aromatic N) is 2. The van der Waals surface area contributed by atoms with Crippen LogP contribution < -0.4 is 10.6 Å². The number of rotatable bonds is 5. The minimum Gasteiger partial charge on any atom is -0.387 e. The molecule has 2 aromatic heterocycles. The Kier molecular flexibility index (Phi) is 4.44. The maximum absolute atomic E-state index is 11.8. The van der Waals surface area contributed by atoms with Gasteiger partial charge in [0.25, 0.3) is 5.91 Å². The van der Waals surface area contributed by atoms with Gasteiger partial charge in [0, 0.05) is 26.0 Å². The summed E-state index contributed by atoms with van der Waals surface area (Å²) < 4.78 is 0. The van der Waals surface area contributed by atoms with Crippen LogP contribution in [-0.4, -0.2) is 29.5 Å². The number of hydrogen-bond acceptors (Lipinski definition) is 4. The third kappa shape index (κ3) is 3.77. The Hall–Kier alpha value is -2.43. The number of amides is 1. The van der Waals surface area contributed by atoms with Crippen molar-refractivity contribution in [3.8, 4) is 0 Å². The number of carbonyl (C=O) groups excluding carboxylic acids is 1. The lowest BCUT2D eigenvalue weighted by Gasteiger charge is -2.05. The van der Waals surface area contributed by atoms with Crippen molar-refractivity contribution in [2.24, 2.45) is 0 Å². The molecule has 0 spiro atoms. The first-order valence-corrected chi connectivity index (χ1v) is 6.10. The first-order chi connectivity index (χ1) is 9.29. The quantitative estimate of drug-likeness (QED) is 0.850. The Balaban J connectivity index is 1.84. The zero-order valence-corrected chi connectivity index (χ0v) is 10.8. The number of nitrogens with one attached hydrogen (secondary N) is 2. The molecule has 0 saturated carbocycles. The van der Waals surface area contributed by atoms with Crippen molar-refractivity contribution in [2.45, 2.75) is 6.42 Å². The fraction of sp³-hybridized carbons (Fsp3) is 0.214. The molecule has 98 valence electrons. The van der Waals surface area contributed by atoms with Crippen LogP contribution in [0.25, 0.3) is 0 Å². The smallest absolute Gasteiger partial charge is 0.269 e. The summed E-state index contributed by atoms with van der Waals surface area (Å²) in [4.78, 5) is 19.9. The van der Waals surface area contributed by atoms with E-state index in [1.54, 1.807) is 24.7 Å². The maximum Gasteiger partial charge on any atom is 0.269 e. The molecule has 0 fully saturated rings. The van der Waals surface area contributed by atoms with Gasteiger partial charge >= 0.3 is 0 Å². The van der Waals surface area contributed by atoms with Gasteiger partial charge in [0.15, 0.2) is 0 Å². The molecule has 2 N–H and O–H groups in total. The molecule has 0 aliphatic carbocycles. The van der Waals surface area contributed by atoms with Crippen LogP contribution in [0.2, 0.25) is 0 Å². The highest BCUT2D eigenvalue weighted by Gasteiger charge is 2.05. The molecule has 0 saturated heterocycles. The molecule has 0 bridgehead atoms. The molecule has 0 atom stereocenters. The summed E-state index contributed by atoms with van der Waals surface area (Å²) in [6.45, 7) is 0.582. The summed E-state index contributed by atoms with van der Waals surface area (Å²) in [5.41, 5.74) is 2.45. The SMILES string of the molecule is CNc1ccc(C(=O)NCCc2ccncc2)nc1. The molecule has 2 aromatic rings. The normalized spacial score (nSPS) is 9.95.